The average Bonchev–Trinajstić information content (AvgIpc) is 2.17. The average molecular weight is 228 g/mol. The molecule has 0 aromatic rings. The molecule has 1 saturated carbocycles. The van der Waals surface area contributed by atoms with Crippen LogP contribution in [0.1, 0.15) is 45.4 Å². The molecule has 1 atom stereocenters. The zero-order valence-electron chi connectivity index (χ0n) is 10.4. The second kappa shape index (κ2) is 5.53. The number of nitrogens with zero attached hydrogens (tertiary/aromatic N) is 1. The maximum Gasteiger partial charge on any atom is 0.407 e. The van der Waals surface area contributed by atoms with Gasteiger partial charge in [-0.15, -0.1) is 0 Å². The topological polar surface area (TPSA) is 66.6 Å². The fraction of sp³-hybridized carbons (Fsp3) is 0.917. The number of rotatable bonds is 4. The lowest BCUT2D eigenvalue weighted by molar-refractivity contribution is 0.140. The van der Waals surface area contributed by atoms with Crippen LogP contribution < -0.4 is 5.73 Å². The molecule has 0 radical (unpaired) electrons. The van der Waals surface area contributed by atoms with Crippen molar-refractivity contribution in [2.24, 2.45) is 11.1 Å². The van der Waals surface area contributed by atoms with Gasteiger partial charge >= 0.3 is 6.09 Å². The van der Waals surface area contributed by atoms with Crippen molar-refractivity contribution in [1.29, 1.82) is 0 Å². The van der Waals surface area contributed by atoms with Crippen molar-refractivity contribution in [2.75, 3.05) is 13.6 Å². The van der Waals surface area contributed by atoms with Gasteiger partial charge in [0.05, 0.1) is 0 Å². The van der Waals surface area contributed by atoms with Crippen LogP contribution in [0.4, 0.5) is 4.79 Å². The van der Waals surface area contributed by atoms with Gasteiger partial charge in [0, 0.05) is 19.6 Å². The first-order valence-electron chi connectivity index (χ1n) is 6.13. The van der Waals surface area contributed by atoms with E-state index >= 15 is 0 Å². The fourth-order valence-corrected chi connectivity index (χ4v) is 2.74. The summed E-state index contributed by atoms with van der Waals surface area (Å²) in [5.41, 5.74) is 6.35. The zero-order valence-corrected chi connectivity index (χ0v) is 10.4. The summed E-state index contributed by atoms with van der Waals surface area (Å²) in [6, 6.07) is -0.0378. The summed E-state index contributed by atoms with van der Waals surface area (Å²) in [6.45, 7) is 2.72. The molecule has 1 unspecified atom stereocenters. The Kier molecular flexibility index (Phi) is 4.59. The third kappa shape index (κ3) is 4.00. The maximum atomic E-state index is 10.7. The molecular formula is C12H24N2O2. The molecule has 1 amide bonds. The molecule has 4 nitrogen and oxygen atoms in total. The Morgan fingerprint density at radius 3 is 2.50 bits per heavy atom. The van der Waals surface area contributed by atoms with Crippen molar-refractivity contribution in [3.05, 3.63) is 0 Å². The second-order valence-corrected chi connectivity index (χ2v) is 5.50. The minimum Gasteiger partial charge on any atom is -0.465 e. The van der Waals surface area contributed by atoms with Gasteiger partial charge in [-0.25, -0.2) is 4.79 Å². The first-order valence-corrected chi connectivity index (χ1v) is 6.13. The molecule has 0 saturated heterocycles. The minimum atomic E-state index is -0.899. The molecule has 94 valence electrons. The van der Waals surface area contributed by atoms with Gasteiger partial charge in [-0.05, 0) is 24.7 Å². The Bertz CT molecular complexity index is 237. The van der Waals surface area contributed by atoms with Crippen LogP contribution in [-0.4, -0.2) is 35.7 Å². The van der Waals surface area contributed by atoms with Crippen molar-refractivity contribution < 1.29 is 9.90 Å². The van der Waals surface area contributed by atoms with E-state index in [4.69, 9.17) is 10.8 Å². The van der Waals surface area contributed by atoms with Crippen LogP contribution >= 0.6 is 0 Å². The standard InChI is InChI=1S/C12H24N2O2/c1-12(6-4-3-5-7-12)8-10(13)9-14(2)11(15)16/h10H,3-9,13H2,1-2H3,(H,15,16). The van der Waals surface area contributed by atoms with E-state index in [0.717, 1.165) is 6.42 Å². The smallest absolute Gasteiger partial charge is 0.407 e. The van der Waals surface area contributed by atoms with Crippen LogP contribution in [0.3, 0.4) is 0 Å². The Morgan fingerprint density at radius 2 is 2.00 bits per heavy atom. The third-order valence-corrected chi connectivity index (χ3v) is 3.65. The highest BCUT2D eigenvalue weighted by Crippen LogP contribution is 2.39. The highest BCUT2D eigenvalue weighted by molar-refractivity contribution is 5.64. The van der Waals surface area contributed by atoms with E-state index in [-0.39, 0.29) is 6.04 Å². The first-order chi connectivity index (χ1) is 7.43. The van der Waals surface area contributed by atoms with E-state index in [9.17, 15) is 4.79 Å². The highest BCUT2D eigenvalue weighted by Gasteiger charge is 2.29. The quantitative estimate of drug-likeness (QED) is 0.775. The molecule has 1 rings (SSSR count). The molecule has 16 heavy (non-hydrogen) atoms. The summed E-state index contributed by atoms with van der Waals surface area (Å²) in [5.74, 6) is 0. The van der Waals surface area contributed by atoms with Gasteiger partial charge in [-0.1, -0.05) is 26.2 Å². The number of carbonyl (C=O) groups is 1. The predicted molar refractivity (Wildman–Crippen MR) is 64.4 cm³/mol. The van der Waals surface area contributed by atoms with Gasteiger partial charge in [0.2, 0.25) is 0 Å². The van der Waals surface area contributed by atoms with Crippen molar-refractivity contribution in [2.45, 2.75) is 51.5 Å². The Morgan fingerprint density at radius 1 is 1.44 bits per heavy atom. The van der Waals surface area contributed by atoms with Gasteiger partial charge in [0.25, 0.3) is 0 Å². The third-order valence-electron chi connectivity index (χ3n) is 3.65. The van der Waals surface area contributed by atoms with E-state index in [1.54, 1.807) is 7.05 Å². The lowest BCUT2D eigenvalue weighted by Gasteiger charge is -2.36. The molecule has 0 aromatic carbocycles. The maximum absolute atomic E-state index is 10.7. The van der Waals surface area contributed by atoms with Crippen LogP contribution in [0.5, 0.6) is 0 Å². The number of amides is 1. The second-order valence-electron chi connectivity index (χ2n) is 5.50. The largest absolute Gasteiger partial charge is 0.465 e. The van der Waals surface area contributed by atoms with Crippen molar-refractivity contribution in [3.8, 4) is 0 Å². The summed E-state index contributed by atoms with van der Waals surface area (Å²) in [5, 5.41) is 8.77. The summed E-state index contributed by atoms with van der Waals surface area (Å²) in [7, 11) is 1.57. The number of hydrogen-bond acceptors (Lipinski definition) is 2. The molecule has 1 aliphatic carbocycles. The van der Waals surface area contributed by atoms with E-state index in [1.807, 2.05) is 0 Å². The van der Waals surface area contributed by atoms with Crippen molar-refractivity contribution >= 4 is 6.09 Å². The summed E-state index contributed by atoms with van der Waals surface area (Å²) in [6.07, 6.45) is 6.42. The Balaban J connectivity index is 2.37. The summed E-state index contributed by atoms with van der Waals surface area (Å²) >= 11 is 0. The normalized spacial score (nSPS) is 21.4. The van der Waals surface area contributed by atoms with Gasteiger partial charge < -0.3 is 15.7 Å². The molecular weight excluding hydrogens is 204 g/mol. The molecule has 0 aliphatic heterocycles. The van der Waals surface area contributed by atoms with Gasteiger partial charge in [0.15, 0.2) is 0 Å². The molecule has 1 fully saturated rings. The number of carboxylic acid groups (broad SMARTS) is 1. The van der Waals surface area contributed by atoms with Gasteiger partial charge in [-0.3, -0.25) is 0 Å². The zero-order chi connectivity index (χ0) is 12.2. The molecule has 4 heteroatoms. The molecule has 1 aliphatic rings. The first kappa shape index (κ1) is 13.3. The Hall–Kier alpha value is -0.770. The van der Waals surface area contributed by atoms with Crippen LogP contribution in [0.2, 0.25) is 0 Å². The Labute approximate surface area is 97.8 Å². The molecule has 0 aromatic heterocycles. The van der Waals surface area contributed by atoms with Crippen molar-refractivity contribution in [1.82, 2.24) is 4.90 Å². The number of nitrogens with two attached hydrogens (primary N) is 1. The minimum absolute atomic E-state index is 0.0378. The van der Waals surface area contributed by atoms with E-state index < -0.39 is 6.09 Å². The van der Waals surface area contributed by atoms with Gasteiger partial charge in [-0.2, -0.15) is 0 Å². The molecule has 3 N–H and O–H groups in total. The SMILES string of the molecule is CN(CC(N)CC1(C)CCCCC1)C(=O)O. The summed E-state index contributed by atoms with van der Waals surface area (Å²) < 4.78 is 0. The lowest BCUT2D eigenvalue weighted by Crippen LogP contribution is -2.41. The highest BCUT2D eigenvalue weighted by atomic mass is 16.4. The molecule has 0 heterocycles. The molecule has 0 bridgehead atoms. The van der Waals surface area contributed by atoms with Crippen molar-refractivity contribution in [3.63, 3.8) is 0 Å². The monoisotopic (exact) mass is 228 g/mol. The number of likely N-dealkylation sites (N-methyl/N-ethyl adjacent to an activating group) is 1. The fourth-order valence-electron chi connectivity index (χ4n) is 2.74. The van der Waals surface area contributed by atoms with E-state index in [1.165, 1.54) is 37.0 Å². The summed E-state index contributed by atoms with van der Waals surface area (Å²) in [4.78, 5) is 12.0. The van der Waals surface area contributed by atoms with Crippen LogP contribution in [0.15, 0.2) is 0 Å². The van der Waals surface area contributed by atoms with Crippen LogP contribution in [0, 0.1) is 5.41 Å². The van der Waals surface area contributed by atoms with E-state index in [2.05, 4.69) is 6.92 Å². The number of hydrogen-bond donors (Lipinski definition) is 2. The van der Waals surface area contributed by atoms with Crippen LogP contribution in [0.25, 0.3) is 0 Å². The van der Waals surface area contributed by atoms with Crippen LogP contribution in [-0.2, 0) is 0 Å². The van der Waals surface area contributed by atoms with E-state index in [0.29, 0.717) is 12.0 Å². The predicted octanol–water partition coefficient (Wildman–Crippen LogP) is 2.28. The lowest BCUT2D eigenvalue weighted by atomic mass is 9.72. The molecule has 0 spiro atoms. The van der Waals surface area contributed by atoms with Gasteiger partial charge in [0.1, 0.15) is 0 Å².